The van der Waals surface area contributed by atoms with Crippen LogP contribution in [0.3, 0.4) is 0 Å². The molecule has 0 aliphatic carbocycles. The quantitative estimate of drug-likeness (QED) is 0.261. The van der Waals surface area contributed by atoms with E-state index in [1.165, 1.54) is 0 Å². The Hall–Kier alpha value is -1.37. The Morgan fingerprint density at radius 1 is 0.700 bits per heavy atom. The predicted molar refractivity (Wildman–Crippen MR) is 84.6 cm³/mol. The molecule has 0 unspecified atom stereocenters. The molecule has 0 amide bonds. The van der Waals surface area contributed by atoms with Gasteiger partial charge in [-0.25, -0.2) is 0 Å². The summed E-state index contributed by atoms with van der Waals surface area (Å²) in [5, 5.41) is 37.2. The molecule has 0 rings (SSSR count). The van der Waals surface area contributed by atoms with Crippen LogP contribution in [0.1, 0.15) is 40.0 Å². The lowest BCUT2D eigenvalue weighted by Gasteiger charge is -2.28. The molecule has 0 aromatic rings. The third-order valence-electron chi connectivity index (χ3n) is 3.54. The van der Waals surface area contributed by atoms with Gasteiger partial charge in [-0.15, -0.1) is 0 Å². The van der Waals surface area contributed by atoms with Gasteiger partial charge < -0.3 is 15.6 Å². The minimum atomic E-state index is -1.94. The zero-order valence-electron chi connectivity index (χ0n) is 12.9. The molecule has 0 bridgehead atoms. The van der Waals surface area contributed by atoms with E-state index in [4.69, 9.17) is 15.6 Å². The van der Waals surface area contributed by atoms with Crippen LogP contribution in [0.5, 0.6) is 0 Å². The fourth-order valence-corrected chi connectivity index (χ4v) is 6.65. The first kappa shape index (κ1) is 18.6. The lowest BCUT2D eigenvalue weighted by atomic mass is 10.3. The maximum Gasteiger partial charge on any atom is 0.0680 e. The van der Waals surface area contributed by atoms with Crippen LogP contribution < -0.4 is 0 Å². The third kappa shape index (κ3) is 6.18. The van der Waals surface area contributed by atoms with Crippen molar-refractivity contribution in [1.82, 2.24) is 0 Å². The fraction of sp³-hybridized carbons (Fsp3) is 0.769. The number of nitrogens with zero attached hydrogens (tertiary/aromatic N) is 3. The number of rotatable bonds is 9. The van der Waals surface area contributed by atoms with E-state index in [1.54, 1.807) is 0 Å². The maximum atomic E-state index is 9.04. The second kappa shape index (κ2) is 9.52. The minimum Gasteiger partial charge on any atom is -0.411 e. The van der Waals surface area contributed by atoms with E-state index >= 15 is 0 Å². The van der Waals surface area contributed by atoms with Crippen molar-refractivity contribution in [2.45, 2.75) is 64.7 Å². The summed E-state index contributed by atoms with van der Waals surface area (Å²) in [6.45, 7) is 8.01. The largest absolute Gasteiger partial charge is 0.411 e. The highest BCUT2D eigenvalue weighted by Gasteiger charge is 2.32. The van der Waals surface area contributed by atoms with E-state index in [1.807, 2.05) is 20.8 Å². The molecule has 3 N–H and O–H groups in total. The van der Waals surface area contributed by atoms with E-state index in [9.17, 15) is 0 Å². The molecule has 0 radical (unpaired) electrons. The van der Waals surface area contributed by atoms with Gasteiger partial charge in [-0.3, -0.25) is 0 Å². The second-order valence-electron chi connectivity index (χ2n) is 5.40. The summed E-state index contributed by atoms with van der Waals surface area (Å²) in [6.07, 6.45) is 2.07. The van der Waals surface area contributed by atoms with Gasteiger partial charge in [0, 0.05) is 0 Å². The predicted octanol–water partition coefficient (Wildman–Crippen LogP) is 3.79. The summed E-state index contributed by atoms with van der Waals surface area (Å²) in [5.74, 6) is 0. The standard InChI is InChI=1S/C13H27N3O3Si/c1-5-11(14-17)8-20(4,9-12(6-2)15-18)10-13(7-3)16-19/h17-19H,5-10H2,1-4H3. The summed E-state index contributed by atoms with van der Waals surface area (Å²) < 4.78 is 0. The van der Waals surface area contributed by atoms with Crippen molar-refractivity contribution in [3.8, 4) is 0 Å². The summed E-state index contributed by atoms with van der Waals surface area (Å²) in [6, 6.07) is 2.12. The van der Waals surface area contributed by atoms with Crippen LogP contribution >= 0.6 is 0 Å². The van der Waals surface area contributed by atoms with Gasteiger partial charge in [-0.2, -0.15) is 0 Å². The molecule has 0 saturated carbocycles. The molecule has 6 nitrogen and oxygen atoms in total. The molecular weight excluding hydrogens is 274 g/mol. The minimum absolute atomic E-state index is 0.689. The first-order chi connectivity index (χ1) is 9.48. The van der Waals surface area contributed by atoms with Crippen LogP contribution in [0.2, 0.25) is 24.7 Å². The van der Waals surface area contributed by atoms with Crippen molar-refractivity contribution >= 4 is 25.2 Å². The van der Waals surface area contributed by atoms with Gasteiger partial charge in [-0.1, -0.05) is 42.8 Å². The van der Waals surface area contributed by atoms with Crippen LogP contribution in [0, 0.1) is 0 Å². The van der Waals surface area contributed by atoms with Crippen molar-refractivity contribution in [3.63, 3.8) is 0 Å². The zero-order chi connectivity index (χ0) is 15.6. The summed E-state index contributed by atoms with van der Waals surface area (Å²) >= 11 is 0. The lowest BCUT2D eigenvalue weighted by molar-refractivity contribution is 0.317. The molecular formula is C13H27N3O3Si. The van der Waals surface area contributed by atoms with Gasteiger partial charge in [0.25, 0.3) is 0 Å². The Morgan fingerprint density at radius 3 is 1.10 bits per heavy atom. The van der Waals surface area contributed by atoms with Gasteiger partial charge >= 0.3 is 0 Å². The Labute approximate surface area is 121 Å². The molecule has 0 aromatic carbocycles. The highest BCUT2D eigenvalue weighted by atomic mass is 28.3. The number of hydrogen-bond acceptors (Lipinski definition) is 6. The van der Waals surface area contributed by atoms with Crippen LogP contribution in [0.4, 0.5) is 0 Å². The van der Waals surface area contributed by atoms with E-state index in [-0.39, 0.29) is 0 Å². The third-order valence-corrected chi connectivity index (χ3v) is 7.33. The molecule has 0 aromatic heterocycles. The van der Waals surface area contributed by atoms with Crippen LogP contribution in [-0.4, -0.2) is 40.8 Å². The topological polar surface area (TPSA) is 97.8 Å². The molecule has 116 valence electrons. The van der Waals surface area contributed by atoms with E-state index in [2.05, 4.69) is 22.0 Å². The van der Waals surface area contributed by atoms with Crippen molar-refractivity contribution in [2.24, 2.45) is 15.5 Å². The van der Waals surface area contributed by atoms with Gasteiger partial charge in [-0.05, 0) is 37.4 Å². The van der Waals surface area contributed by atoms with Crippen LogP contribution in [0.25, 0.3) is 0 Å². The molecule has 20 heavy (non-hydrogen) atoms. The average Bonchev–Trinajstić information content (AvgIpc) is 2.48. The molecule has 7 heteroatoms. The molecule has 0 heterocycles. The molecule has 0 aliphatic heterocycles. The Morgan fingerprint density at radius 2 is 0.950 bits per heavy atom. The molecule has 0 atom stereocenters. The SMILES string of the molecule is CCC(C[Si](C)(CC(CC)=NO)CC(CC)=NO)=NO. The first-order valence-electron chi connectivity index (χ1n) is 7.07. The van der Waals surface area contributed by atoms with Crippen molar-refractivity contribution < 1.29 is 15.6 Å². The Balaban J connectivity index is 5.21. The van der Waals surface area contributed by atoms with E-state index < -0.39 is 8.07 Å². The number of oxime groups is 3. The summed E-state index contributed by atoms with van der Waals surface area (Å²) in [5.41, 5.74) is 2.25. The Bertz CT molecular complexity index is 326. The fourth-order valence-electron chi connectivity index (χ4n) is 2.36. The van der Waals surface area contributed by atoms with Crippen LogP contribution in [0.15, 0.2) is 15.5 Å². The average molecular weight is 301 g/mol. The Kier molecular flexibility index (Phi) is 8.86. The van der Waals surface area contributed by atoms with E-state index in [0.717, 1.165) is 17.1 Å². The van der Waals surface area contributed by atoms with Crippen molar-refractivity contribution in [2.75, 3.05) is 0 Å². The molecule has 0 fully saturated rings. The van der Waals surface area contributed by atoms with Gasteiger partial charge in [0.2, 0.25) is 0 Å². The highest BCUT2D eigenvalue weighted by Crippen LogP contribution is 2.25. The smallest absolute Gasteiger partial charge is 0.0680 e. The monoisotopic (exact) mass is 301 g/mol. The zero-order valence-corrected chi connectivity index (χ0v) is 13.9. The second-order valence-corrected chi connectivity index (χ2v) is 10.1. The molecule has 0 aliphatic rings. The lowest BCUT2D eigenvalue weighted by Crippen LogP contribution is -2.37. The highest BCUT2D eigenvalue weighted by molar-refractivity contribution is 6.86. The molecule has 0 spiro atoms. The van der Waals surface area contributed by atoms with Crippen LogP contribution in [-0.2, 0) is 0 Å². The first-order valence-corrected chi connectivity index (χ1v) is 10.2. The maximum absolute atomic E-state index is 9.04. The van der Waals surface area contributed by atoms with Gasteiger partial charge in [0.15, 0.2) is 0 Å². The van der Waals surface area contributed by atoms with Gasteiger partial charge in [0.1, 0.15) is 0 Å². The van der Waals surface area contributed by atoms with Crippen molar-refractivity contribution in [1.29, 1.82) is 0 Å². The number of hydrogen-bond donors (Lipinski definition) is 3. The molecule has 0 saturated heterocycles. The van der Waals surface area contributed by atoms with E-state index in [0.29, 0.717) is 37.4 Å². The van der Waals surface area contributed by atoms with Crippen molar-refractivity contribution in [3.05, 3.63) is 0 Å². The summed E-state index contributed by atoms with van der Waals surface area (Å²) in [7, 11) is -1.94. The van der Waals surface area contributed by atoms with Gasteiger partial charge in [0.05, 0.1) is 25.2 Å². The summed E-state index contributed by atoms with van der Waals surface area (Å²) in [4.78, 5) is 0. The normalized spacial score (nSPS) is 17.1.